The second-order valence-electron chi connectivity index (χ2n) is 6.14. The third kappa shape index (κ3) is 4.21. The van der Waals surface area contributed by atoms with Crippen molar-refractivity contribution in [1.29, 1.82) is 0 Å². The lowest BCUT2D eigenvalue weighted by molar-refractivity contribution is 0.0792. The van der Waals surface area contributed by atoms with Crippen molar-refractivity contribution in [2.45, 2.75) is 30.6 Å². The molecular formula is C19H23NO2S2. The first kappa shape index (κ1) is 17.5. The van der Waals surface area contributed by atoms with Gasteiger partial charge in [-0.25, -0.2) is 0 Å². The number of nitrogens with zero attached hydrogens (tertiary/aromatic N) is 1. The van der Waals surface area contributed by atoms with Gasteiger partial charge in [0.15, 0.2) is 0 Å². The molecule has 1 aromatic carbocycles. The maximum absolute atomic E-state index is 12.6. The zero-order valence-corrected chi connectivity index (χ0v) is 15.5. The molecule has 128 valence electrons. The fraction of sp³-hybridized carbons (Fsp3) is 0.421. The molecule has 0 aliphatic carbocycles. The van der Waals surface area contributed by atoms with Gasteiger partial charge in [-0.2, -0.15) is 0 Å². The largest absolute Gasteiger partial charge is 0.392 e. The number of hydrogen-bond acceptors (Lipinski definition) is 4. The van der Waals surface area contributed by atoms with Gasteiger partial charge >= 0.3 is 0 Å². The van der Waals surface area contributed by atoms with E-state index in [1.807, 2.05) is 23.1 Å². The first-order valence-corrected chi connectivity index (χ1v) is 10.2. The molecule has 0 bridgehead atoms. The Morgan fingerprint density at radius 1 is 1.25 bits per heavy atom. The van der Waals surface area contributed by atoms with Crippen LogP contribution in [0.15, 0.2) is 40.6 Å². The fourth-order valence-electron chi connectivity index (χ4n) is 3.11. The molecule has 2 aromatic rings. The Balaban J connectivity index is 1.56. The molecule has 2 heterocycles. The summed E-state index contributed by atoms with van der Waals surface area (Å²) in [5, 5.41) is 9.11. The monoisotopic (exact) mass is 361 g/mol. The zero-order valence-electron chi connectivity index (χ0n) is 13.9. The van der Waals surface area contributed by atoms with Crippen molar-refractivity contribution in [3.8, 4) is 0 Å². The van der Waals surface area contributed by atoms with E-state index in [4.69, 9.17) is 5.11 Å². The number of rotatable bonds is 6. The lowest BCUT2D eigenvalue weighted by Gasteiger charge is -2.15. The molecule has 1 amide bonds. The molecule has 1 saturated heterocycles. The van der Waals surface area contributed by atoms with Crippen LogP contribution in [-0.2, 0) is 13.0 Å². The molecular weight excluding hydrogens is 338 g/mol. The minimum absolute atomic E-state index is 0.0884. The van der Waals surface area contributed by atoms with Crippen LogP contribution in [0.5, 0.6) is 0 Å². The highest BCUT2D eigenvalue weighted by Crippen LogP contribution is 2.29. The maximum atomic E-state index is 12.6. The number of thioether (sulfide) groups is 1. The van der Waals surface area contributed by atoms with Crippen molar-refractivity contribution >= 4 is 29.0 Å². The van der Waals surface area contributed by atoms with E-state index in [1.54, 1.807) is 23.1 Å². The predicted octanol–water partition coefficient (Wildman–Crippen LogP) is 4.06. The third-order valence-electron chi connectivity index (χ3n) is 4.38. The summed E-state index contributed by atoms with van der Waals surface area (Å²) < 4.78 is 1.22. The van der Waals surface area contributed by atoms with Gasteiger partial charge in [0.1, 0.15) is 0 Å². The van der Waals surface area contributed by atoms with Gasteiger partial charge in [0.05, 0.1) is 15.7 Å². The fourth-order valence-corrected chi connectivity index (χ4v) is 5.12. The highest BCUT2D eigenvalue weighted by Gasteiger charge is 2.27. The number of benzene rings is 1. The van der Waals surface area contributed by atoms with Crippen LogP contribution in [0.1, 0.15) is 34.1 Å². The number of carbonyl (C=O) groups excluding carboxylic acids is 1. The first-order valence-electron chi connectivity index (χ1n) is 8.40. The van der Waals surface area contributed by atoms with E-state index < -0.39 is 0 Å². The maximum Gasteiger partial charge on any atom is 0.263 e. The SMILES string of the molecule is CCSc1ccc(C(=O)N2CCC(Cc3ccc(CO)cc3)C2)s1. The van der Waals surface area contributed by atoms with Crippen molar-refractivity contribution < 1.29 is 9.90 Å². The summed E-state index contributed by atoms with van der Waals surface area (Å²) in [6.07, 6.45) is 2.06. The Kier molecular flexibility index (Phi) is 5.98. The zero-order chi connectivity index (χ0) is 16.9. The molecule has 1 aliphatic heterocycles. The predicted molar refractivity (Wildman–Crippen MR) is 101 cm³/mol. The van der Waals surface area contributed by atoms with E-state index in [1.165, 1.54) is 9.77 Å². The molecule has 1 fully saturated rings. The molecule has 3 nitrogen and oxygen atoms in total. The average molecular weight is 362 g/mol. The molecule has 5 heteroatoms. The normalized spacial score (nSPS) is 17.4. The average Bonchev–Trinajstić information content (AvgIpc) is 3.25. The van der Waals surface area contributed by atoms with Gasteiger partial charge in [-0.15, -0.1) is 23.1 Å². The van der Waals surface area contributed by atoms with Crippen molar-refractivity contribution in [3.05, 3.63) is 52.4 Å². The summed E-state index contributed by atoms with van der Waals surface area (Å²) in [4.78, 5) is 15.5. The molecule has 0 saturated carbocycles. The number of amides is 1. The lowest BCUT2D eigenvalue weighted by Crippen LogP contribution is -2.28. The number of thiophene rings is 1. The minimum Gasteiger partial charge on any atom is -0.392 e. The van der Waals surface area contributed by atoms with E-state index in [2.05, 4.69) is 25.1 Å². The summed E-state index contributed by atoms with van der Waals surface area (Å²) in [5.41, 5.74) is 2.23. The summed E-state index contributed by atoms with van der Waals surface area (Å²) in [5.74, 6) is 1.74. The highest BCUT2D eigenvalue weighted by molar-refractivity contribution is 8.01. The van der Waals surface area contributed by atoms with Gasteiger partial charge in [-0.3, -0.25) is 4.79 Å². The second-order valence-corrected chi connectivity index (χ2v) is 8.78. The smallest absolute Gasteiger partial charge is 0.263 e. The van der Waals surface area contributed by atoms with Crippen molar-refractivity contribution in [2.75, 3.05) is 18.8 Å². The van der Waals surface area contributed by atoms with E-state index in [0.717, 1.165) is 42.1 Å². The van der Waals surface area contributed by atoms with Crippen molar-refractivity contribution in [2.24, 2.45) is 5.92 Å². The molecule has 0 spiro atoms. The molecule has 1 aliphatic rings. The van der Waals surface area contributed by atoms with E-state index in [0.29, 0.717) is 5.92 Å². The summed E-state index contributed by atoms with van der Waals surface area (Å²) in [6, 6.07) is 12.2. The van der Waals surface area contributed by atoms with Gasteiger partial charge in [0.25, 0.3) is 5.91 Å². The van der Waals surface area contributed by atoms with E-state index >= 15 is 0 Å². The highest BCUT2D eigenvalue weighted by atomic mass is 32.2. The van der Waals surface area contributed by atoms with Crippen LogP contribution in [0.25, 0.3) is 0 Å². The lowest BCUT2D eigenvalue weighted by atomic mass is 9.98. The van der Waals surface area contributed by atoms with Crippen LogP contribution >= 0.6 is 23.1 Å². The number of aliphatic hydroxyl groups excluding tert-OH is 1. The van der Waals surface area contributed by atoms with Crippen LogP contribution in [0.3, 0.4) is 0 Å². The van der Waals surface area contributed by atoms with Gasteiger partial charge in [0.2, 0.25) is 0 Å². The van der Waals surface area contributed by atoms with Gasteiger partial charge in [0, 0.05) is 13.1 Å². The quantitative estimate of drug-likeness (QED) is 0.789. The first-order chi connectivity index (χ1) is 11.7. The number of likely N-dealkylation sites (tertiary alicyclic amines) is 1. The molecule has 1 atom stereocenters. The van der Waals surface area contributed by atoms with Crippen molar-refractivity contribution in [1.82, 2.24) is 4.90 Å². The standard InChI is InChI=1S/C19H23NO2S2/c1-2-23-18-8-7-17(24-18)19(22)20-10-9-16(12-20)11-14-3-5-15(13-21)6-4-14/h3-8,16,21H,2,9-13H2,1H3. The molecule has 1 aromatic heterocycles. The molecule has 24 heavy (non-hydrogen) atoms. The minimum atomic E-state index is 0.0884. The van der Waals surface area contributed by atoms with Gasteiger partial charge in [-0.1, -0.05) is 31.2 Å². The van der Waals surface area contributed by atoms with Crippen LogP contribution in [0.2, 0.25) is 0 Å². The summed E-state index contributed by atoms with van der Waals surface area (Å²) in [6.45, 7) is 3.91. The third-order valence-corrected chi connectivity index (χ3v) is 6.56. The van der Waals surface area contributed by atoms with Crippen LogP contribution < -0.4 is 0 Å². The number of carbonyl (C=O) groups is 1. The van der Waals surface area contributed by atoms with Crippen molar-refractivity contribution in [3.63, 3.8) is 0 Å². The Labute approximate surface area is 151 Å². The van der Waals surface area contributed by atoms with Gasteiger partial charge in [-0.05, 0) is 47.8 Å². The Hall–Kier alpha value is -1.30. The van der Waals surface area contributed by atoms with E-state index in [-0.39, 0.29) is 12.5 Å². The molecule has 3 rings (SSSR count). The number of hydrogen-bond donors (Lipinski definition) is 1. The Morgan fingerprint density at radius 2 is 2.00 bits per heavy atom. The molecule has 1 N–H and O–H groups in total. The summed E-state index contributed by atoms with van der Waals surface area (Å²) in [7, 11) is 0. The topological polar surface area (TPSA) is 40.5 Å². The second kappa shape index (κ2) is 8.19. The van der Waals surface area contributed by atoms with Crippen LogP contribution in [0, 0.1) is 5.92 Å². The molecule has 1 unspecified atom stereocenters. The Morgan fingerprint density at radius 3 is 2.71 bits per heavy atom. The molecule has 0 radical (unpaired) electrons. The van der Waals surface area contributed by atoms with Gasteiger partial charge < -0.3 is 10.0 Å². The number of aliphatic hydroxyl groups is 1. The van der Waals surface area contributed by atoms with Crippen LogP contribution in [0.4, 0.5) is 0 Å². The Bertz CT molecular complexity index is 681. The van der Waals surface area contributed by atoms with E-state index in [9.17, 15) is 4.79 Å². The summed E-state index contributed by atoms with van der Waals surface area (Å²) >= 11 is 3.40. The van der Waals surface area contributed by atoms with Crippen LogP contribution in [-0.4, -0.2) is 34.8 Å².